The van der Waals surface area contributed by atoms with E-state index in [1.54, 1.807) is 6.08 Å². The van der Waals surface area contributed by atoms with Crippen LogP contribution in [0.25, 0.3) is 0 Å². The number of allylic oxidation sites excluding steroid dienone is 1. The number of hydrogen-bond donors (Lipinski definition) is 1. The quantitative estimate of drug-likeness (QED) is 0.512. The summed E-state index contributed by atoms with van der Waals surface area (Å²) in [5.74, 6) is 0. The zero-order valence-electron chi connectivity index (χ0n) is 7.33. The molecule has 0 radical (unpaired) electrons. The highest BCUT2D eigenvalue weighted by Gasteiger charge is 2.40. The average Bonchev–Trinajstić information content (AvgIpc) is 2.45. The second-order valence-electron chi connectivity index (χ2n) is 3.59. The monoisotopic (exact) mass is 168 g/mol. The molecule has 12 heavy (non-hydrogen) atoms. The van der Waals surface area contributed by atoms with Crippen molar-refractivity contribution < 1.29 is 9.90 Å². The van der Waals surface area contributed by atoms with Gasteiger partial charge in [0.05, 0.1) is 11.5 Å². The molecular weight excluding hydrogens is 152 g/mol. The Hall–Kier alpha value is -0.630. The molecule has 68 valence electrons. The van der Waals surface area contributed by atoms with Crippen LogP contribution in [0, 0.1) is 5.41 Å². The molecule has 0 heterocycles. The SMILES string of the molecule is C=CCC[C@@]1(C=O)CCC[C@@H]1O. The molecule has 1 rings (SSSR count). The lowest BCUT2D eigenvalue weighted by atomic mass is 9.81. The van der Waals surface area contributed by atoms with Crippen LogP contribution >= 0.6 is 0 Å². The van der Waals surface area contributed by atoms with Crippen molar-refractivity contribution in [3.63, 3.8) is 0 Å². The second-order valence-corrected chi connectivity index (χ2v) is 3.59. The van der Waals surface area contributed by atoms with E-state index in [-0.39, 0.29) is 0 Å². The number of aliphatic hydroxyl groups excluding tert-OH is 1. The molecule has 0 bridgehead atoms. The van der Waals surface area contributed by atoms with E-state index in [9.17, 15) is 9.90 Å². The highest BCUT2D eigenvalue weighted by Crippen LogP contribution is 2.40. The Bertz CT molecular complexity index is 177. The zero-order chi connectivity index (χ0) is 9.03. The van der Waals surface area contributed by atoms with Gasteiger partial charge in [0.25, 0.3) is 0 Å². The molecule has 1 fully saturated rings. The van der Waals surface area contributed by atoms with Crippen LogP contribution in [0.1, 0.15) is 32.1 Å². The molecule has 0 aromatic heterocycles. The fraction of sp³-hybridized carbons (Fsp3) is 0.700. The lowest BCUT2D eigenvalue weighted by Crippen LogP contribution is -2.31. The summed E-state index contributed by atoms with van der Waals surface area (Å²) < 4.78 is 0. The van der Waals surface area contributed by atoms with Crippen molar-refractivity contribution in [3.05, 3.63) is 12.7 Å². The Morgan fingerprint density at radius 3 is 2.83 bits per heavy atom. The lowest BCUT2D eigenvalue weighted by Gasteiger charge is -2.25. The summed E-state index contributed by atoms with van der Waals surface area (Å²) in [5.41, 5.74) is -0.450. The number of carbonyl (C=O) groups is 1. The Kier molecular flexibility index (Phi) is 3.04. The lowest BCUT2D eigenvalue weighted by molar-refractivity contribution is -0.121. The molecular formula is C10H16O2. The maximum absolute atomic E-state index is 10.9. The average molecular weight is 168 g/mol. The van der Waals surface area contributed by atoms with Crippen molar-refractivity contribution >= 4 is 6.29 Å². The summed E-state index contributed by atoms with van der Waals surface area (Å²) in [4.78, 5) is 10.9. The summed E-state index contributed by atoms with van der Waals surface area (Å²) in [5, 5.41) is 9.60. The third-order valence-electron chi connectivity index (χ3n) is 2.83. The third-order valence-corrected chi connectivity index (χ3v) is 2.83. The van der Waals surface area contributed by atoms with Gasteiger partial charge in [-0.2, -0.15) is 0 Å². The maximum atomic E-state index is 10.9. The summed E-state index contributed by atoms with van der Waals surface area (Å²) in [6.45, 7) is 3.61. The van der Waals surface area contributed by atoms with E-state index in [2.05, 4.69) is 6.58 Å². The minimum absolute atomic E-state index is 0.421. The maximum Gasteiger partial charge on any atom is 0.128 e. The van der Waals surface area contributed by atoms with Gasteiger partial charge < -0.3 is 9.90 Å². The van der Waals surface area contributed by atoms with Crippen molar-refractivity contribution in [3.8, 4) is 0 Å². The van der Waals surface area contributed by atoms with Crippen molar-refractivity contribution in [2.24, 2.45) is 5.41 Å². The highest BCUT2D eigenvalue weighted by atomic mass is 16.3. The standard InChI is InChI=1S/C10H16O2/c1-2-3-6-10(8-11)7-4-5-9(10)12/h2,8-9,12H,1,3-7H2/t9-,10-/m0/s1. The minimum Gasteiger partial charge on any atom is -0.392 e. The van der Waals surface area contributed by atoms with Crippen LogP contribution in [0.15, 0.2) is 12.7 Å². The minimum atomic E-state index is -0.450. The fourth-order valence-electron chi connectivity index (χ4n) is 1.94. The van der Waals surface area contributed by atoms with Crippen LogP contribution in [0.3, 0.4) is 0 Å². The van der Waals surface area contributed by atoms with Crippen LogP contribution in [0.2, 0.25) is 0 Å². The zero-order valence-corrected chi connectivity index (χ0v) is 7.33. The fourth-order valence-corrected chi connectivity index (χ4v) is 1.94. The van der Waals surface area contributed by atoms with Gasteiger partial charge in [0, 0.05) is 0 Å². The molecule has 0 aromatic rings. The molecule has 1 saturated carbocycles. The third kappa shape index (κ3) is 1.58. The van der Waals surface area contributed by atoms with Gasteiger partial charge in [-0.1, -0.05) is 6.08 Å². The van der Waals surface area contributed by atoms with Gasteiger partial charge >= 0.3 is 0 Å². The Morgan fingerprint density at radius 1 is 1.67 bits per heavy atom. The number of hydrogen-bond acceptors (Lipinski definition) is 2. The van der Waals surface area contributed by atoms with Crippen LogP contribution < -0.4 is 0 Å². The topological polar surface area (TPSA) is 37.3 Å². The first kappa shape index (κ1) is 9.46. The molecule has 1 N–H and O–H groups in total. The van der Waals surface area contributed by atoms with Gasteiger partial charge in [-0.05, 0) is 32.1 Å². The number of carbonyl (C=O) groups excluding carboxylic acids is 1. The number of aldehydes is 1. The predicted octanol–water partition coefficient (Wildman–Crippen LogP) is 1.68. The molecule has 2 atom stereocenters. The second kappa shape index (κ2) is 3.85. The predicted molar refractivity (Wildman–Crippen MR) is 47.8 cm³/mol. The van der Waals surface area contributed by atoms with E-state index < -0.39 is 11.5 Å². The van der Waals surface area contributed by atoms with Gasteiger partial charge in [0.2, 0.25) is 0 Å². The van der Waals surface area contributed by atoms with Gasteiger partial charge in [-0.25, -0.2) is 0 Å². The first-order valence-corrected chi connectivity index (χ1v) is 4.50. The van der Waals surface area contributed by atoms with Crippen molar-refractivity contribution in [2.75, 3.05) is 0 Å². The molecule has 0 spiro atoms. The van der Waals surface area contributed by atoms with Crippen molar-refractivity contribution in [1.29, 1.82) is 0 Å². The summed E-state index contributed by atoms with van der Waals surface area (Å²) in [6, 6.07) is 0. The van der Waals surface area contributed by atoms with E-state index in [1.165, 1.54) is 0 Å². The highest BCUT2D eigenvalue weighted by molar-refractivity contribution is 5.61. The molecule has 0 unspecified atom stereocenters. The number of rotatable bonds is 4. The molecule has 0 aliphatic heterocycles. The largest absolute Gasteiger partial charge is 0.392 e. The van der Waals surface area contributed by atoms with Gasteiger partial charge in [0.15, 0.2) is 0 Å². The van der Waals surface area contributed by atoms with Crippen molar-refractivity contribution in [2.45, 2.75) is 38.2 Å². The first-order valence-electron chi connectivity index (χ1n) is 4.50. The van der Waals surface area contributed by atoms with E-state index in [1.807, 2.05) is 0 Å². The van der Waals surface area contributed by atoms with Crippen molar-refractivity contribution in [1.82, 2.24) is 0 Å². The van der Waals surface area contributed by atoms with Crippen LogP contribution in [0.5, 0.6) is 0 Å². The van der Waals surface area contributed by atoms with Gasteiger partial charge in [-0.15, -0.1) is 6.58 Å². The molecule has 0 amide bonds. The number of aliphatic hydroxyl groups is 1. The molecule has 1 aliphatic rings. The van der Waals surface area contributed by atoms with Gasteiger partial charge in [-0.3, -0.25) is 0 Å². The van der Waals surface area contributed by atoms with E-state index in [4.69, 9.17) is 0 Å². The van der Waals surface area contributed by atoms with E-state index in [0.29, 0.717) is 0 Å². The first-order chi connectivity index (χ1) is 5.75. The summed E-state index contributed by atoms with van der Waals surface area (Å²) >= 11 is 0. The van der Waals surface area contributed by atoms with Crippen LogP contribution in [-0.2, 0) is 4.79 Å². The molecule has 1 aliphatic carbocycles. The Labute approximate surface area is 73.3 Å². The summed E-state index contributed by atoms with van der Waals surface area (Å²) in [6.07, 6.45) is 6.47. The molecule has 0 saturated heterocycles. The van der Waals surface area contributed by atoms with Crippen LogP contribution in [0.4, 0.5) is 0 Å². The van der Waals surface area contributed by atoms with E-state index >= 15 is 0 Å². The Balaban J connectivity index is 2.60. The normalized spacial score (nSPS) is 34.9. The molecule has 0 aromatic carbocycles. The van der Waals surface area contributed by atoms with Crippen LogP contribution in [-0.4, -0.2) is 17.5 Å². The van der Waals surface area contributed by atoms with Gasteiger partial charge in [0.1, 0.15) is 6.29 Å². The molecule has 2 heteroatoms. The molecule has 2 nitrogen and oxygen atoms in total. The Morgan fingerprint density at radius 2 is 2.42 bits per heavy atom. The smallest absolute Gasteiger partial charge is 0.128 e. The van der Waals surface area contributed by atoms with E-state index in [0.717, 1.165) is 38.4 Å². The summed E-state index contributed by atoms with van der Waals surface area (Å²) in [7, 11) is 0.